The zero-order valence-electron chi connectivity index (χ0n) is 10.8. The molecule has 0 saturated carbocycles. The Morgan fingerprint density at radius 1 is 1.17 bits per heavy atom. The van der Waals surface area contributed by atoms with Gasteiger partial charge < -0.3 is 11.1 Å². The van der Waals surface area contributed by atoms with Crippen molar-refractivity contribution in [3.8, 4) is 0 Å². The molecule has 1 aromatic heterocycles. The molecule has 3 N–H and O–H groups in total. The van der Waals surface area contributed by atoms with Crippen LogP contribution in [0.2, 0.25) is 0 Å². The summed E-state index contributed by atoms with van der Waals surface area (Å²) in [6.07, 6.45) is 1.85. The van der Waals surface area contributed by atoms with Crippen molar-refractivity contribution in [1.82, 2.24) is 9.97 Å². The van der Waals surface area contributed by atoms with E-state index in [1.54, 1.807) is 0 Å². The molecule has 18 heavy (non-hydrogen) atoms. The molecule has 0 amide bonds. The summed E-state index contributed by atoms with van der Waals surface area (Å²) in [5.41, 5.74) is 7.80. The smallest absolute Gasteiger partial charge is 0.139 e. The second-order valence-corrected chi connectivity index (χ2v) is 4.24. The molecule has 0 aliphatic carbocycles. The molecule has 2 aromatic rings. The van der Waals surface area contributed by atoms with Crippen LogP contribution in [0, 0.1) is 6.92 Å². The first kappa shape index (κ1) is 12.4. The summed E-state index contributed by atoms with van der Waals surface area (Å²) in [7, 11) is 0. The van der Waals surface area contributed by atoms with Crippen LogP contribution in [0.5, 0.6) is 0 Å². The molecule has 0 spiro atoms. The van der Waals surface area contributed by atoms with Crippen LogP contribution < -0.4 is 11.1 Å². The van der Waals surface area contributed by atoms with Crippen LogP contribution in [-0.4, -0.2) is 9.97 Å². The number of hydrogen-bond donors (Lipinski definition) is 2. The fourth-order valence-corrected chi connectivity index (χ4v) is 1.70. The first-order valence-electron chi connectivity index (χ1n) is 6.15. The third kappa shape index (κ3) is 2.77. The Kier molecular flexibility index (Phi) is 3.77. The molecule has 0 atom stereocenters. The summed E-state index contributed by atoms with van der Waals surface area (Å²) in [5.74, 6) is 2.13. The molecule has 0 radical (unpaired) electrons. The predicted molar refractivity (Wildman–Crippen MR) is 74.9 cm³/mol. The Balaban J connectivity index is 2.31. The van der Waals surface area contributed by atoms with Crippen LogP contribution in [-0.2, 0) is 6.42 Å². The SMILES string of the molecule is CCCc1nc(N)c(C)c(Nc2ccccc2)n1. The third-order valence-corrected chi connectivity index (χ3v) is 2.74. The Hall–Kier alpha value is -2.10. The van der Waals surface area contributed by atoms with E-state index >= 15 is 0 Å². The van der Waals surface area contributed by atoms with Gasteiger partial charge in [0.25, 0.3) is 0 Å². The highest BCUT2D eigenvalue weighted by Crippen LogP contribution is 2.21. The first-order chi connectivity index (χ1) is 8.70. The topological polar surface area (TPSA) is 63.8 Å². The van der Waals surface area contributed by atoms with Gasteiger partial charge in [0.2, 0.25) is 0 Å². The lowest BCUT2D eigenvalue weighted by atomic mass is 10.2. The van der Waals surface area contributed by atoms with Crippen LogP contribution in [0.1, 0.15) is 24.7 Å². The molecule has 0 bridgehead atoms. The fraction of sp³-hybridized carbons (Fsp3) is 0.286. The molecule has 1 heterocycles. The number of aromatic nitrogens is 2. The number of nitrogens with one attached hydrogen (secondary N) is 1. The number of aryl methyl sites for hydroxylation is 1. The van der Waals surface area contributed by atoms with Crippen LogP contribution in [0.4, 0.5) is 17.3 Å². The van der Waals surface area contributed by atoms with Gasteiger partial charge in [0.05, 0.1) is 0 Å². The van der Waals surface area contributed by atoms with E-state index in [9.17, 15) is 0 Å². The molecule has 0 aliphatic rings. The highest BCUT2D eigenvalue weighted by atomic mass is 15.1. The second kappa shape index (κ2) is 5.49. The predicted octanol–water partition coefficient (Wildman–Crippen LogP) is 3.06. The maximum absolute atomic E-state index is 5.91. The zero-order chi connectivity index (χ0) is 13.0. The molecule has 94 valence electrons. The van der Waals surface area contributed by atoms with Crippen molar-refractivity contribution in [2.75, 3.05) is 11.1 Å². The molecule has 2 rings (SSSR count). The van der Waals surface area contributed by atoms with Gasteiger partial charge in [0.1, 0.15) is 17.5 Å². The van der Waals surface area contributed by atoms with E-state index in [4.69, 9.17) is 5.73 Å². The number of hydrogen-bond acceptors (Lipinski definition) is 4. The maximum Gasteiger partial charge on any atom is 0.139 e. The van der Waals surface area contributed by atoms with Crippen molar-refractivity contribution in [3.05, 3.63) is 41.7 Å². The maximum atomic E-state index is 5.91. The van der Waals surface area contributed by atoms with E-state index in [-0.39, 0.29) is 0 Å². The average molecular weight is 242 g/mol. The largest absolute Gasteiger partial charge is 0.383 e. The van der Waals surface area contributed by atoms with Gasteiger partial charge >= 0.3 is 0 Å². The lowest BCUT2D eigenvalue weighted by Gasteiger charge is -2.11. The van der Waals surface area contributed by atoms with E-state index in [1.807, 2.05) is 37.3 Å². The minimum Gasteiger partial charge on any atom is -0.383 e. The Labute approximate surface area is 107 Å². The number of rotatable bonds is 4. The summed E-state index contributed by atoms with van der Waals surface area (Å²) < 4.78 is 0. The molecular formula is C14H18N4. The van der Waals surface area contributed by atoms with Crippen molar-refractivity contribution < 1.29 is 0 Å². The average Bonchev–Trinajstić information content (AvgIpc) is 2.37. The van der Waals surface area contributed by atoms with E-state index in [2.05, 4.69) is 22.2 Å². The van der Waals surface area contributed by atoms with Crippen LogP contribution >= 0.6 is 0 Å². The van der Waals surface area contributed by atoms with Gasteiger partial charge in [0, 0.05) is 17.7 Å². The molecule has 0 saturated heterocycles. The van der Waals surface area contributed by atoms with Gasteiger partial charge in [0.15, 0.2) is 0 Å². The highest BCUT2D eigenvalue weighted by molar-refractivity contribution is 5.63. The monoisotopic (exact) mass is 242 g/mol. The first-order valence-corrected chi connectivity index (χ1v) is 6.15. The lowest BCUT2D eigenvalue weighted by Crippen LogP contribution is -2.07. The molecular weight excluding hydrogens is 224 g/mol. The number of benzene rings is 1. The number of para-hydroxylation sites is 1. The van der Waals surface area contributed by atoms with E-state index in [0.717, 1.165) is 35.7 Å². The van der Waals surface area contributed by atoms with Crippen molar-refractivity contribution in [3.63, 3.8) is 0 Å². The van der Waals surface area contributed by atoms with E-state index in [1.165, 1.54) is 0 Å². The molecule has 0 fully saturated rings. The summed E-state index contributed by atoms with van der Waals surface area (Å²) >= 11 is 0. The van der Waals surface area contributed by atoms with Crippen molar-refractivity contribution in [2.24, 2.45) is 0 Å². The molecule has 0 aliphatic heterocycles. The van der Waals surface area contributed by atoms with Gasteiger partial charge in [-0.15, -0.1) is 0 Å². The van der Waals surface area contributed by atoms with Crippen molar-refractivity contribution in [1.29, 1.82) is 0 Å². The quantitative estimate of drug-likeness (QED) is 0.864. The number of nitrogens with zero attached hydrogens (tertiary/aromatic N) is 2. The second-order valence-electron chi connectivity index (χ2n) is 4.24. The molecule has 0 unspecified atom stereocenters. The van der Waals surface area contributed by atoms with Crippen LogP contribution in [0.3, 0.4) is 0 Å². The third-order valence-electron chi connectivity index (χ3n) is 2.74. The molecule has 1 aromatic carbocycles. The summed E-state index contributed by atoms with van der Waals surface area (Å²) in [6, 6.07) is 9.94. The van der Waals surface area contributed by atoms with E-state index < -0.39 is 0 Å². The molecule has 4 heteroatoms. The van der Waals surface area contributed by atoms with E-state index in [0.29, 0.717) is 5.82 Å². The number of nitrogens with two attached hydrogens (primary N) is 1. The number of nitrogen functional groups attached to an aromatic ring is 1. The van der Waals surface area contributed by atoms with Crippen molar-refractivity contribution in [2.45, 2.75) is 26.7 Å². The normalized spacial score (nSPS) is 10.3. The minimum absolute atomic E-state index is 0.548. The van der Waals surface area contributed by atoms with Gasteiger partial charge in [-0.1, -0.05) is 25.1 Å². The highest BCUT2D eigenvalue weighted by Gasteiger charge is 2.08. The van der Waals surface area contributed by atoms with Crippen molar-refractivity contribution >= 4 is 17.3 Å². The fourth-order valence-electron chi connectivity index (χ4n) is 1.70. The summed E-state index contributed by atoms with van der Waals surface area (Å²) in [5, 5.41) is 3.28. The van der Waals surface area contributed by atoms with Crippen LogP contribution in [0.25, 0.3) is 0 Å². The molecule has 4 nitrogen and oxygen atoms in total. The van der Waals surface area contributed by atoms with Gasteiger partial charge in [-0.2, -0.15) is 0 Å². The van der Waals surface area contributed by atoms with Gasteiger partial charge in [-0.25, -0.2) is 9.97 Å². The zero-order valence-corrected chi connectivity index (χ0v) is 10.8. The summed E-state index contributed by atoms with van der Waals surface area (Å²) in [4.78, 5) is 8.81. The number of anilines is 3. The summed E-state index contributed by atoms with van der Waals surface area (Å²) in [6.45, 7) is 4.03. The Morgan fingerprint density at radius 2 is 1.89 bits per heavy atom. The standard InChI is InChI=1S/C14H18N4/c1-3-7-12-17-13(15)10(2)14(18-12)16-11-8-5-4-6-9-11/h4-6,8-9H,3,7H2,1-2H3,(H3,15,16,17,18). The van der Waals surface area contributed by atoms with Gasteiger partial charge in [-0.3, -0.25) is 0 Å². The Morgan fingerprint density at radius 3 is 2.56 bits per heavy atom. The Bertz CT molecular complexity index is 523. The minimum atomic E-state index is 0.548. The van der Waals surface area contributed by atoms with Crippen LogP contribution in [0.15, 0.2) is 30.3 Å². The van der Waals surface area contributed by atoms with Gasteiger partial charge in [-0.05, 0) is 25.5 Å². The lowest BCUT2D eigenvalue weighted by molar-refractivity contribution is 0.836.